The number of thioether (sulfide) groups is 1. The predicted octanol–water partition coefficient (Wildman–Crippen LogP) is 2.59. The van der Waals surface area contributed by atoms with E-state index in [2.05, 4.69) is 26.0 Å². The highest BCUT2D eigenvalue weighted by atomic mass is 32.2. The van der Waals surface area contributed by atoms with E-state index in [9.17, 15) is 18.0 Å². The molecule has 8 nitrogen and oxygen atoms in total. The van der Waals surface area contributed by atoms with Crippen LogP contribution in [-0.2, 0) is 4.79 Å². The van der Waals surface area contributed by atoms with Gasteiger partial charge in [0, 0.05) is 5.56 Å². The number of carbonyl (C=O) groups is 1. The second-order valence-corrected chi connectivity index (χ2v) is 6.44. The number of benzene rings is 2. The van der Waals surface area contributed by atoms with E-state index in [1.807, 2.05) is 0 Å². The topological polar surface area (TPSA) is 110 Å². The van der Waals surface area contributed by atoms with Crippen molar-refractivity contribution < 1.29 is 18.0 Å². The van der Waals surface area contributed by atoms with Crippen LogP contribution in [0.1, 0.15) is 5.56 Å². The molecule has 0 saturated carbocycles. The van der Waals surface area contributed by atoms with E-state index < -0.39 is 29.0 Å². The number of nitrogens with zero attached hydrogens (tertiary/aromatic N) is 4. The van der Waals surface area contributed by atoms with E-state index in [1.54, 1.807) is 12.1 Å². The number of nitrogen functional groups attached to an aromatic ring is 1. The molecule has 3 rings (SSSR count). The molecule has 2 aromatic carbocycles. The summed E-state index contributed by atoms with van der Waals surface area (Å²) in [6.07, 6.45) is 1.24. The Morgan fingerprint density at radius 3 is 2.52 bits per heavy atom. The second kappa shape index (κ2) is 9.10. The fraction of sp³-hybridized carbons (Fsp3) is 0.0588. The highest BCUT2D eigenvalue weighted by Crippen LogP contribution is 2.20. The van der Waals surface area contributed by atoms with Crippen molar-refractivity contribution in [3.05, 3.63) is 65.5 Å². The molecule has 0 saturated heterocycles. The maximum Gasteiger partial charge on any atom is 0.264 e. The van der Waals surface area contributed by atoms with Gasteiger partial charge < -0.3 is 11.2 Å². The van der Waals surface area contributed by atoms with Gasteiger partial charge in [0.05, 0.1) is 12.0 Å². The Balaban J connectivity index is 1.57. The third kappa shape index (κ3) is 5.04. The zero-order valence-electron chi connectivity index (χ0n) is 14.6. The normalized spacial score (nSPS) is 11.0. The highest BCUT2D eigenvalue weighted by molar-refractivity contribution is 7.99. The summed E-state index contributed by atoms with van der Waals surface area (Å²) in [5, 5.41) is 13.7. The van der Waals surface area contributed by atoms with Gasteiger partial charge in [-0.1, -0.05) is 36.0 Å². The van der Waals surface area contributed by atoms with Crippen LogP contribution in [0.4, 0.5) is 24.8 Å². The molecule has 0 fully saturated rings. The molecule has 0 spiro atoms. The molecule has 0 aliphatic heterocycles. The van der Waals surface area contributed by atoms with Crippen molar-refractivity contribution >= 4 is 35.5 Å². The number of nitrogens with two attached hydrogens (primary N) is 1. The lowest BCUT2D eigenvalue weighted by molar-refractivity contribution is -0.113. The zero-order chi connectivity index (χ0) is 20.8. The first-order valence-electron chi connectivity index (χ1n) is 8.06. The van der Waals surface area contributed by atoms with E-state index in [4.69, 9.17) is 5.84 Å². The molecule has 150 valence electrons. The first-order valence-corrected chi connectivity index (χ1v) is 9.05. The standard InChI is InChI=1S/C17H14F3N7OS/c18-11-5-2-1-4-10(11)8-22-24-16-25-26-17(27(16)21)29-9-14(28)23-15-12(19)6-3-7-13(15)20/h1-8H,9,21H2,(H,23,28)(H,24,25)/b22-8+. The van der Waals surface area contributed by atoms with Gasteiger partial charge in [-0.05, 0) is 18.2 Å². The summed E-state index contributed by atoms with van der Waals surface area (Å²) in [4.78, 5) is 11.9. The number of nitrogens with one attached hydrogen (secondary N) is 2. The molecule has 0 radical (unpaired) electrons. The number of carbonyl (C=O) groups excluding carboxylic acids is 1. The van der Waals surface area contributed by atoms with E-state index in [1.165, 1.54) is 24.4 Å². The van der Waals surface area contributed by atoms with Crippen molar-refractivity contribution in [3.8, 4) is 0 Å². The Bertz CT molecular complexity index is 1040. The highest BCUT2D eigenvalue weighted by Gasteiger charge is 2.15. The molecule has 0 atom stereocenters. The van der Waals surface area contributed by atoms with Crippen LogP contribution < -0.4 is 16.6 Å². The van der Waals surface area contributed by atoms with Gasteiger partial charge in [-0.3, -0.25) is 4.79 Å². The van der Waals surface area contributed by atoms with Crippen LogP contribution in [0.15, 0.2) is 52.7 Å². The van der Waals surface area contributed by atoms with E-state index >= 15 is 0 Å². The van der Waals surface area contributed by atoms with E-state index in [0.717, 1.165) is 28.6 Å². The third-order valence-corrected chi connectivity index (χ3v) is 4.44. The number of hydrogen-bond donors (Lipinski definition) is 3. The minimum atomic E-state index is -0.885. The third-order valence-electron chi connectivity index (χ3n) is 3.50. The van der Waals surface area contributed by atoms with Gasteiger partial charge >= 0.3 is 0 Å². The van der Waals surface area contributed by atoms with Gasteiger partial charge in [-0.15, -0.1) is 10.2 Å². The number of halogens is 3. The first kappa shape index (κ1) is 20.2. The average molecular weight is 421 g/mol. The largest absolute Gasteiger partial charge is 0.334 e. The lowest BCUT2D eigenvalue weighted by Crippen LogP contribution is -2.18. The molecule has 0 unspecified atom stereocenters. The molecular weight excluding hydrogens is 407 g/mol. The molecule has 0 aliphatic rings. The molecule has 1 heterocycles. The summed E-state index contributed by atoms with van der Waals surface area (Å²) < 4.78 is 41.7. The van der Waals surface area contributed by atoms with Crippen molar-refractivity contribution in [1.82, 2.24) is 14.9 Å². The Hall–Kier alpha value is -3.54. The van der Waals surface area contributed by atoms with Crippen molar-refractivity contribution in [2.24, 2.45) is 5.10 Å². The van der Waals surface area contributed by atoms with Crippen LogP contribution in [0, 0.1) is 17.5 Å². The van der Waals surface area contributed by atoms with Gasteiger partial charge in [0.2, 0.25) is 11.1 Å². The van der Waals surface area contributed by atoms with Crippen molar-refractivity contribution in [2.45, 2.75) is 5.16 Å². The fourth-order valence-electron chi connectivity index (χ4n) is 2.11. The molecule has 3 aromatic rings. The van der Waals surface area contributed by atoms with Crippen LogP contribution in [0.25, 0.3) is 0 Å². The number of anilines is 2. The second-order valence-electron chi connectivity index (χ2n) is 5.50. The van der Waals surface area contributed by atoms with Crippen LogP contribution >= 0.6 is 11.8 Å². The molecule has 1 aromatic heterocycles. The van der Waals surface area contributed by atoms with Crippen LogP contribution in [0.5, 0.6) is 0 Å². The van der Waals surface area contributed by atoms with Crippen molar-refractivity contribution in [3.63, 3.8) is 0 Å². The average Bonchev–Trinajstić information content (AvgIpc) is 3.04. The molecule has 1 amide bonds. The molecule has 0 aliphatic carbocycles. The van der Waals surface area contributed by atoms with Gasteiger partial charge in [0.15, 0.2) is 0 Å². The van der Waals surface area contributed by atoms with Crippen LogP contribution in [0.3, 0.4) is 0 Å². The number of aromatic nitrogens is 3. The summed E-state index contributed by atoms with van der Waals surface area (Å²) in [6, 6.07) is 9.28. The predicted molar refractivity (Wildman–Crippen MR) is 104 cm³/mol. The van der Waals surface area contributed by atoms with Crippen LogP contribution in [-0.4, -0.2) is 32.7 Å². The molecule has 4 N–H and O–H groups in total. The number of para-hydroxylation sites is 1. The summed E-state index contributed by atoms with van der Waals surface area (Å²) in [5.74, 6) is 2.76. The maximum atomic E-state index is 13.6. The maximum absolute atomic E-state index is 13.6. The first-order chi connectivity index (χ1) is 14.0. The number of hydrogen-bond acceptors (Lipinski definition) is 7. The Labute approximate surface area is 167 Å². The van der Waals surface area contributed by atoms with Gasteiger partial charge in [0.1, 0.15) is 23.1 Å². The monoisotopic (exact) mass is 421 g/mol. The summed E-state index contributed by atoms with van der Waals surface area (Å²) in [5.41, 5.74) is 2.23. The lowest BCUT2D eigenvalue weighted by Gasteiger charge is -2.07. The van der Waals surface area contributed by atoms with E-state index in [-0.39, 0.29) is 22.4 Å². The summed E-state index contributed by atoms with van der Waals surface area (Å²) in [6.45, 7) is 0. The van der Waals surface area contributed by atoms with Gasteiger partial charge in [0.25, 0.3) is 5.95 Å². The SMILES string of the molecule is Nn1c(N/N=C/c2ccccc2F)nnc1SCC(=O)Nc1c(F)cccc1F. The lowest BCUT2D eigenvalue weighted by atomic mass is 10.2. The van der Waals surface area contributed by atoms with Crippen LogP contribution in [0.2, 0.25) is 0 Å². The minimum Gasteiger partial charge on any atom is -0.334 e. The Kier molecular flexibility index (Phi) is 6.34. The summed E-state index contributed by atoms with van der Waals surface area (Å²) >= 11 is 0.895. The van der Waals surface area contributed by atoms with Crippen molar-refractivity contribution in [2.75, 3.05) is 22.3 Å². The van der Waals surface area contributed by atoms with E-state index in [0.29, 0.717) is 0 Å². The molecule has 0 bridgehead atoms. The molecule has 12 heteroatoms. The Morgan fingerprint density at radius 1 is 1.10 bits per heavy atom. The molecule has 29 heavy (non-hydrogen) atoms. The van der Waals surface area contributed by atoms with Gasteiger partial charge in [-0.2, -0.15) is 5.10 Å². The smallest absolute Gasteiger partial charge is 0.264 e. The van der Waals surface area contributed by atoms with Gasteiger partial charge in [-0.25, -0.2) is 23.3 Å². The fourth-order valence-corrected chi connectivity index (χ4v) is 2.77. The quantitative estimate of drug-likeness (QED) is 0.234. The minimum absolute atomic E-state index is 0.0423. The Morgan fingerprint density at radius 2 is 1.79 bits per heavy atom. The van der Waals surface area contributed by atoms with Crippen molar-refractivity contribution in [1.29, 1.82) is 0 Å². The zero-order valence-corrected chi connectivity index (χ0v) is 15.5. The summed E-state index contributed by atoms with van der Waals surface area (Å²) in [7, 11) is 0. The molecular formula is C17H14F3N7OS. The number of amides is 1. The number of hydrazone groups is 1. The number of rotatable bonds is 7.